The Morgan fingerprint density at radius 1 is 1.11 bits per heavy atom. The first-order valence-electron chi connectivity index (χ1n) is 5.73. The van der Waals surface area contributed by atoms with Crippen LogP contribution in [0.3, 0.4) is 0 Å². The molecular weight excluding hydrogens is 248 g/mol. The molecule has 0 amide bonds. The first kappa shape index (κ1) is 14.8. The van der Waals surface area contributed by atoms with Gasteiger partial charge in [-0.15, -0.1) is 0 Å². The van der Waals surface area contributed by atoms with Crippen LogP contribution in [-0.2, 0) is 19.1 Å². The van der Waals surface area contributed by atoms with Gasteiger partial charge in [0, 0.05) is 0 Å². The first-order chi connectivity index (χ1) is 9.12. The monoisotopic (exact) mass is 264 g/mol. The quantitative estimate of drug-likeness (QED) is 0.351. The fourth-order valence-corrected chi connectivity index (χ4v) is 1.39. The van der Waals surface area contributed by atoms with E-state index in [4.69, 9.17) is 9.47 Å². The maximum atomic E-state index is 11.7. The van der Waals surface area contributed by atoms with Crippen molar-refractivity contribution in [2.24, 2.45) is 0 Å². The third-order valence-electron chi connectivity index (χ3n) is 2.33. The lowest BCUT2D eigenvalue weighted by molar-refractivity contribution is -0.145. The lowest BCUT2D eigenvalue weighted by Crippen LogP contribution is -2.17. The van der Waals surface area contributed by atoms with Gasteiger partial charge < -0.3 is 14.2 Å². The van der Waals surface area contributed by atoms with Crippen molar-refractivity contribution < 1.29 is 23.8 Å². The maximum absolute atomic E-state index is 11.7. The number of benzene rings is 1. The molecule has 0 heterocycles. The van der Waals surface area contributed by atoms with Crippen LogP contribution in [0, 0.1) is 0 Å². The van der Waals surface area contributed by atoms with E-state index in [1.54, 1.807) is 38.3 Å². The normalized spacial score (nSPS) is 10.8. The molecule has 102 valence electrons. The van der Waals surface area contributed by atoms with Crippen LogP contribution < -0.4 is 4.74 Å². The van der Waals surface area contributed by atoms with Crippen molar-refractivity contribution in [2.45, 2.75) is 6.92 Å². The van der Waals surface area contributed by atoms with Crippen molar-refractivity contribution in [3.8, 4) is 5.75 Å². The summed E-state index contributed by atoms with van der Waals surface area (Å²) < 4.78 is 14.4. The van der Waals surface area contributed by atoms with Gasteiger partial charge in [0.15, 0.2) is 0 Å². The zero-order chi connectivity index (χ0) is 14.3. The van der Waals surface area contributed by atoms with E-state index in [0.29, 0.717) is 11.3 Å². The summed E-state index contributed by atoms with van der Waals surface area (Å²) in [6.07, 6.45) is 1.42. The molecular formula is C14H16O5. The van der Waals surface area contributed by atoms with Crippen LogP contribution in [0.5, 0.6) is 5.75 Å². The van der Waals surface area contributed by atoms with Gasteiger partial charge in [-0.2, -0.15) is 0 Å². The third kappa shape index (κ3) is 4.13. The molecule has 1 aromatic rings. The Balaban J connectivity index is 3.04. The van der Waals surface area contributed by atoms with Crippen LogP contribution in [0.15, 0.2) is 29.8 Å². The minimum Gasteiger partial charge on any atom is -0.497 e. The average molecular weight is 264 g/mol. The zero-order valence-corrected chi connectivity index (χ0v) is 11.1. The number of carbonyl (C=O) groups excluding carboxylic acids is 2. The van der Waals surface area contributed by atoms with E-state index >= 15 is 0 Å². The Labute approximate surface area is 111 Å². The van der Waals surface area contributed by atoms with E-state index < -0.39 is 11.9 Å². The van der Waals surface area contributed by atoms with Gasteiger partial charge in [-0.1, -0.05) is 12.1 Å². The molecule has 0 aliphatic carbocycles. The van der Waals surface area contributed by atoms with Gasteiger partial charge in [-0.05, 0) is 30.7 Å². The number of esters is 2. The molecule has 1 aromatic carbocycles. The lowest BCUT2D eigenvalue weighted by Gasteiger charge is -2.05. The lowest BCUT2D eigenvalue weighted by atomic mass is 10.1. The minimum absolute atomic E-state index is 0.144. The number of ether oxygens (including phenoxy) is 3. The van der Waals surface area contributed by atoms with Crippen LogP contribution in [0.25, 0.3) is 6.08 Å². The van der Waals surface area contributed by atoms with Crippen molar-refractivity contribution in [3.05, 3.63) is 35.4 Å². The van der Waals surface area contributed by atoms with Gasteiger partial charge in [0.05, 0.1) is 20.8 Å². The van der Waals surface area contributed by atoms with Crippen molar-refractivity contribution in [1.29, 1.82) is 0 Å². The van der Waals surface area contributed by atoms with Gasteiger partial charge in [0.2, 0.25) is 0 Å². The van der Waals surface area contributed by atoms with Crippen LogP contribution >= 0.6 is 0 Å². The standard InChI is InChI=1S/C14H16O5/c1-4-19-14(16)12(13(15)18-3)9-10-5-7-11(17-2)8-6-10/h5-9H,4H2,1-3H3/b12-9-. The summed E-state index contributed by atoms with van der Waals surface area (Å²) in [5.41, 5.74) is 0.531. The van der Waals surface area contributed by atoms with E-state index in [0.717, 1.165) is 0 Å². The Morgan fingerprint density at radius 3 is 2.21 bits per heavy atom. The van der Waals surface area contributed by atoms with Gasteiger partial charge in [-0.25, -0.2) is 9.59 Å². The Hall–Kier alpha value is -2.30. The molecule has 0 atom stereocenters. The summed E-state index contributed by atoms with van der Waals surface area (Å²) in [6, 6.07) is 6.90. The molecule has 0 saturated heterocycles. The summed E-state index contributed by atoms with van der Waals surface area (Å²) >= 11 is 0. The SMILES string of the molecule is CCOC(=O)/C(=C\c1ccc(OC)cc1)C(=O)OC. The Bertz CT molecular complexity index is 473. The number of methoxy groups -OCH3 is 2. The number of rotatable bonds is 5. The third-order valence-corrected chi connectivity index (χ3v) is 2.33. The van der Waals surface area contributed by atoms with Gasteiger partial charge in [0.1, 0.15) is 11.3 Å². The molecule has 5 heteroatoms. The second kappa shape index (κ2) is 7.20. The molecule has 1 rings (SSSR count). The predicted octanol–water partition coefficient (Wildman–Crippen LogP) is 1.81. The van der Waals surface area contributed by atoms with E-state index in [1.165, 1.54) is 13.2 Å². The highest BCUT2D eigenvalue weighted by molar-refractivity contribution is 6.17. The summed E-state index contributed by atoms with van der Waals surface area (Å²) in [5.74, 6) is -0.743. The molecule has 19 heavy (non-hydrogen) atoms. The van der Waals surface area contributed by atoms with Gasteiger partial charge in [0.25, 0.3) is 0 Å². The number of hydrogen-bond acceptors (Lipinski definition) is 5. The molecule has 0 radical (unpaired) electrons. The van der Waals surface area contributed by atoms with Crippen LogP contribution in [-0.4, -0.2) is 32.8 Å². The summed E-state index contributed by atoms with van der Waals surface area (Å²) in [5, 5.41) is 0. The largest absolute Gasteiger partial charge is 0.497 e. The zero-order valence-electron chi connectivity index (χ0n) is 11.1. The van der Waals surface area contributed by atoms with Crippen LogP contribution in [0.4, 0.5) is 0 Å². The fourth-order valence-electron chi connectivity index (χ4n) is 1.39. The molecule has 0 fully saturated rings. The molecule has 0 aliphatic rings. The van der Waals surface area contributed by atoms with Gasteiger partial charge >= 0.3 is 11.9 Å². The molecule has 0 aliphatic heterocycles. The van der Waals surface area contributed by atoms with Crippen molar-refractivity contribution >= 4 is 18.0 Å². The van der Waals surface area contributed by atoms with E-state index in [2.05, 4.69) is 4.74 Å². The number of carbonyl (C=O) groups is 2. The van der Waals surface area contributed by atoms with Crippen LogP contribution in [0.1, 0.15) is 12.5 Å². The van der Waals surface area contributed by atoms with Crippen LogP contribution in [0.2, 0.25) is 0 Å². The first-order valence-corrected chi connectivity index (χ1v) is 5.73. The molecule has 0 N–H and O–H groups in total. The van der Waals surface area contributed by atoms with Crippen molar-refractivity contribution in [2.75, 3.05) is 20.8 Å². The van der Waals surface area contributed by atoms with Crippen molar-refractivity contribution in [1.82, 2.24) is 0 Å². The molecule has 5 nitrogen and oxygen atoms in total. The summed E-state index contributed by atoms with van der Waals surface area (Å²) in [6.45, 7) is 1.86. The second-order valence-electron chi connectivity index (χ2n) is 3.54. The summed E-state index contributed by atoms with van der Waals surface area (Å²) in [4.78, 5) is 23.2. The minimum atomic E-state index is -0.728. The Morgan fingerprint density at radius 2 is 1.74 bits per heavy atom. The molecule has 0 bridgehead atoms. The highest BCUT2D eigenvalue weighted by Crippen LogP contribution is 2.15. The molecule has 0 aromatic heterocycles. The predicted molar refractivity (Wildman–Crippen MR) is 69.6 cm³/mol. The van der Waals surface area contributed by atoms with Crippen molar-refractivity contribution in [3.63, 3.8) is 0 Å². The maximum Gasteiger partial charge on any atom is 0.345 e. The van der Waals surface area contributed by atoms with E-state index in [1.807, 2.05) is 0 Å². The summed E-state index contributed by atoms with van der Waals surface area (Å²) in [7, 11) is 2.77. The highest BCUT2D eigenvalue weighted by atomic mass is 16.5. The van der Waals surface area contributed by atoms with E-state index in [-0.39, 0.29) is 12.2 Å². The van der Waals surface area contributed by atoms with E-state index in [9.17, 15) is 9.59 Å². The second-order valence-corrected chi connectivity index (χ2v) is 3.54. The number of hydrogen-bond donors (Lipinski definition) is 0. The topological polar surface area (TPSA) is 61.8 Å². The molecule has 0 saturated carbocycles. The fraction of sp³-hybridized carbons (Fsp3) is 0.286. The average Bonchev–Trinajstić information content (AvgIpc) is 2.44. The molecule has 0 spiro atoms. The smallest absolute Gasteiger partial charge is 0.345 e. The van der Waals surface area contributed by atoms with Gasteiger partial charge in [-0.3, -0.25) is 0 Å². The highest BCUT2D eigenvalue weighted by Gasteiger charge is 2.20. The Kier molecular flexibility index (Phi) is 5.60. The molecule has 0 unspecified atom stereocenters.